The molecule has 146 valence electrons. The number of benzene rings is 1. The molecule has 6 heteroatoms. The number of aliphatic hydroxyl groups is 1. The third kappa shape index (κ3) is 6.09. The third-order valence-corrected chi connectivity index (χ3v) is 5.16. The number of aliphatic hydroxyl groups excluding tert-OH is 1. The summed E-state index contributed by atoms with van der Waals surface area (Å²) in [5.41, 5.74) is 2.70. The molecule has 1 atom stereocenters. The van der Waals surface area contributed by atoms with E-state index in [9.17, 15) is 5.11 Å². The Morgan fingerprint density at radius 3 is 2.54 bits per heavy atom. The minimum Gasteiger partial charge on any atom is -0.391 e. The van der Waals surface area contributed by atoms with Crippen molar-refractivity contribution in [2.24, 2.45) is 4.99 Å². The van der Waals surface area contributed by atoms with Crippen LogP contribution in [0.1, 0.15) is 43.7 Å². The summed E-state index contributed by atoms with van der Waals surface area (Å²) < 4.78 is 0. The van der Waals surface area contributed by atoms with Crippen LogP contribution in [0.25, 0.3) is 0 Å². The zero-order chi connectivity index (χ0) is 17.5. The van der Waals surface area contributed by atoms with E-state index in [1.165, 1.54) is 43.5 Å². The molecule has 5 nitrogen and oxygen atoms in total. The summed E-state index contributed by atoms with van der Waals surface area (Å²) >= 11 is 0. The van der Waals surface area contributed by atoms with Gasteiger partial charge < -0.3 is 15.3 Å². The Morgan fingerprint density at radius 2 is 1.88 bits per heavy atom. The number of β-amino-alcohol motifs (C(OH)–C–C–N with tert-alkyl or cyclic N) is 1. The first-order valence-electron chi connectivity index (χ1n) is 9.76. The largest absolute Gasteiger partial charge is 0.391 e. The second-order valence-corrected chi connectivity index (χ2v) is 7.16. The van der Waals surface area contributed by atoms with Gasteiger partial charge in [0.15, 0.2) is 5.96 Å². The van der Waals surface area contributed by atoms with Crippen molar-refractivity contribution in [3.8, 4) is 0 Å². The maximum atomic E-state index is 9.80. The zero-order valence-electron chi connectivity index (χ0n) is 15.9. The van der Waals surface area contributed by atoms with E-state index in [0.29, 0.717) is 13.1 Å². The van der Waals surface area contributed by atoms with Crippen LogP contribution in [0.2, 0.25) is 0 Å². The Hall–Kier alpha value is -0.860. The van der Waals surface area contributed by atoms with Gasteiger partial charge in [0.25, 0.3) is 0 Å². The molecule has 0 bridgehead atoms. The van der Waals surface area contributed by atoms with E-state index in [0.717, 1.165) is 32.0 Å². The van der Waals surface area contributed by atoms with E-state index in [2.05, 4.69) is 46.3 Å². The molecule has 2 fully saturated rings. The SMILES string of the molecule is CCNC(=NCc1ccccc1CN1CCCCC1)N1CC[C@@H](O)C1.I. The second-order valence-electron chi connectivity index (χ2n) is 7.16. The van der Waals surface area contributed by atoms with Gasteiger partial charge in [0, 0.05) is 26.2 Å². The number of nitrogens with one attached hydrogen (secondary N) is 1. The van der Waals surface area contributed by atoms with Gasteiger partial charge in [0.1, 0.15) is 0 Å². The van der Waals surface area contributed by atoms with E-state index >= 15 is 0 Å². The molecule has 0 amide bonds. The summed E-state index contributed by atoms with van der Waals surface area (Å²) in [6, 6.07) is 8.68. The van der Waals surface area contributed by atoms with Crippen LogP contribution in [0.4, 0.5) is 0 Å². The molecule has 0 aromatic heterocycles. The van der Waals surface area contributed by atoms with Gasteiger partial charge in [-0.15, -0.1) is 24.0 Å². The Morgan fingerprint density at radius 1 is 1.15 bits per heavy atom. The lowest BCUT2D eigenvalue weighted by atomic mass is 10.1. The molecular formula is C20H33IN4O. The molecule has 2 aliphatic heterocycles. The van der Waals surface area contributed by atoms with Crippen molar-refractivity contribution in [1.82, 2.24) is 15.1 Å². The normalized spacial score (nSPS) is 21.5. The zero-order valence-corrected chi connectivity index (χ0v) is 18.2. The number of hydrogen-bond acceptors (Lipinski definition) is 3. The third-order valence-electron chi connectivity index (χ3n) is 5.16. The van der Waals surface area contributed by atoms with E-state index in [1.54, 1.807) is 0 Å². The van der Waals surface area contributed by atoms with Crippen LogP contribution in [-0.2, 0) is 13.1 Å². The van der Waals surface area contributed by atoms with Crippen molar-refractivity contribution in [2.45, 2.75) is 51.8 Å². The van der Waals surface area contributed by atoms with E-state index < -0.39 is 0 Å². The topological polar surface area (TPSA) is 51.1 Å². The minimum atomic E-state index is -0.227. The number of likely N-dealkylation sites (tertiary alicyclic amines) is 2. The molecule has 0 spiro atoms. The van der Waals surface area contributed by atoms with Crippen LogP contribution in [-0.4, -0.2) is 59.7 Å². The summed E-state index contributed by atoms with van der Waals surface area (Å²) in [4.78, 5) is 9.59. The van der Waals surface area contributed by atoms with Crippen molar-refractivity contribution in [3.63, 3.8) is 0 Å². The van der Waals surface area contributed by atoms with Gasteiger partial charge >= 0.3 is 0 Å². The maximum absolute atomic E-state index is 9.80. The summed E-state index contributed by atoms with van der Waals surface area (Å²) in [5, 5.41) is 13.2. The van der Waals surface area contributed by atoms with E-state index in [4.69, 9.17) is 4.99 Å². The summed E-state index contributed by atoms with van der Waals surface area (Å²) in [7, 11) is 0. The lowest BCUT2D eigenvalue weighted by Crippen LogP contribution is -2.40. The van der Waals surface area contributed by atoms with Gasteiger partial charge in [-0.05, 0) is 50.4 Å². The van der Waals surface area contributed by atoms with Crippen LogP contribution in [0.3, 0.4) is 0 Å². The van der Waals surface area contributed by atoms with Gasteiger partial charge in [-0.1, -0.05) is 30.7 Å². The smallest absolute Gasteiger partial charge is 0.194 e. The maximum Gasteiger partial charge on any atom is 0.194 e. The molecule has 1 aromatic rings. The quantitative estimate of drug-likeness (QED) is 0.393. The molecule has 0 aliphatic carbocycles. The molecule has 26 heavy (non-hydrogen) atoms. The van der Waals surface area contributed by atoms with E-state index in [-0.39, 0.29) is 30.1 Å². The fourth-order valence-corrected chi connectivity index (χ4v) is 3.74. The number of piperidine rings is 1. The highest BCUT2D eigenvalue weighted by Crippen LogP contribution is 2.17. The van der Waals surface area contributed by atoms with E-state index in [1.807, 2.05) is 0 Å². The van der Waals surface area contributed by atoms with Crippen LogP contribution >= 0.6 is 24.0 Å². The molecule has 3 rings (SSSR count). The fraction of sp³-hybridized carbons (Fsp3) is 0.650. The molecule has 1 aromatic carbocycles. The molecule has 2 heterocycles. The predicted octanol–water partition coefficient (Wildman–Crippen LogP) is 2.82. The molecule has 0 saturated carbocycles. The minimum absolute atomic E-state index is 0. The Bertz CT molecular complexity index is 575. The van der Waals surface area contributed by atoms with Crippen LogP contribution in [0.15, 0.2) is 29.3 Å². The van der Waals surface area contributed by atoms with Gasteiger partial charge in [0.2, 0.25) is 0 Å². The Balaban J connectivity index is 0.00000243. The first-order chi connectivity index (χ1) is 12.3. The first kappa shape index (κ1) is 21.4. The van der Waals surface area contributed by atoms with Gasteiger partial charge in [-0.3, -0.25) is 4.90 Å². The molecular weight excluding hydrogens is 439 g/mol. The van der Waals surface area contributed by atoms with Gasteiger partial charge in [-0.25, -0.2) is 4.99 Å². The number of guanidine groups is 1. The van der Waals surface area contributed by atoms with Gasteiger partial charge in [0.05, 0.1) is 12.6 Å². The number of halogens is 1. The molecule has 0 radical (unpaired) electrons. The van der Waals surface area contributed by atoms with Gasteiger partial charge in [-0.2, -0.15) is 0 Å². The molecule has 2 saturated heterocycles. The second kappa shape index (κ2) is 11.1. The van der Waals surface area contributed by atoms with Crippen molar-refractivity contribution in [1.29, 1.82) is 0 Å². The highest BCUT2D eigenvalue weighted by Gasteiger charge is 2.22. The van der Waals surface area contributed by atoms with Crippen LogP contribution < -0.4 is 5.32 Å². The number of nitrogens with zero attached hydrogens (tertiary/aromatic N) is 3. The number of hydrogen-bond donors (Lipinski definition) is 2. The molecule has 2 N–H and O–H groups in total. The van der Waals surface area contributed by atoms with Crippen molar-refractivity contribution in [2.75, 3.05) is 32.7 Å². The summed E-state index contributed by atoms with van der Waals surface area (Å²) in [6.45, 7) is 8.65. The predicted molar refractivity (Wildman–Crippen MR) is 118 cm³/mol. The fourth-order valence-electron chi connectivity index (χ4n) is 3.74. The van der Waals surface area contributed by atoms with Crippen LogP contribution in [0.5, 0.6) is 0 Å². The Kier molecular flexibility index (Phi) is 9.15. The number of rotatable bonds is 5. The Labute approximate surface area is 174 Å². The van der Waals surface area contributed by atoms with Crippen molar-refractivity contribution >= 4 is 29.9 Å². The average molecular weight is 472 g/mol. The lowest BCUT2D eigenvalue weighted by Gasteiger charge is -2.27. The highest BCUT2D eigenvalue weighted by molar-refractivity contribution is 14.0. The molecule has 2 aliphatic rings. The van der Waals surface area contributed by atoms with Crippen LogP contribution in [0, 0.1) is 0 Å². The monoisotopic (exact) mass is 472 g/mol. The summed E-state index contributed by atoms with van der Waals surface area (Å²) in [6.07, 6.45) is 4.62. The first-order valence-corrected chi connectivity index (χ1v) is 9.76. The average Bonchev–Trinajstić information content (AvgIpc) is 3.07. The lowest BCUT2D eigenvalue weighted by molar-refractivity contribution is 0.188. The number of aliphatic imine (C=N–C) groups is 1. The highest BCUT2D eigenvalue weighted by atomic mass is 127. The standard InChI is InChI=1S/C20H32N4O.HI/c1-2-21-20(24-13-10-19(25)16-24)22-14-17-8-4-5-9-18(17)15-23-11-6-3-7-12-23;/h4-5,8-9,19,25H,2-3,6-7,10-16H2,1H3,(H,21,22);1H/t19-;/m1./s1. The molecule has 0 unspecified atom stereocenters. The van der Waals surface area contributed by atoms with Crippen molar-refractivity contribution < 1.29 is 5.11 Å². The summed E-state index contributed by atoms with van der Waals surface area (Å²) in [5.74, 6) is 0.923. The van der Waals surface area contributed by atoms with Crippen molar-refractivity contribution in [3.05, 3.63) is 35.4 Å².